The fourth-order valence-corrected chi connectivity index (χ4v) is 2.98. The number of alkyl halides is 2. The van der Waals surface area contributed by atoms with Gasteiger partial charge in [0.1, 0.15) is 5.82 Å². The van der Waals surface area contributed by atoms with Gasteiger partial charge in [0, 0.05) is 44.6 Å². The minimum absolute atomic E-state index is 0.197. The second-order valence-electron chi connectivity index (χ2n) is 6.75. The van der Waals surface area contributed by atoms with Crippen LogP contribution in [0.3, 0.4) is 0 Å². The predicted molar refractivity (Wildman–Crippen MR) is 89.5 cm³/mol. The zero-order valence-electron chi connectivity index (χ0n) is 14.7. The molecule has 0 radical (unpaired) electrons. The first-order valence-electron chi connectivity index (χ1n) is 8.81. The molecule has 1 aliphatic carbocycles. The Hall–Kier alpha value is -2.07. The van der Waals surface area contributed by atoms with Gasteiger partial charge in [-0.05, 0) is 19.8 Å². The lowest BCUT2D eigenvalue weighted by atomic mass is 10.2. The fourth-order valence-electron chi connectivity index (χ4n) is 2.98. The monoisotopic (exact) mass is 370 g/mol. The Morgan fingerprint density at radius 2 is 1.96 bits per heavy atom. The van der Waals surface area contributed by atoms with Crippen LogP contribution in [0.1, 0.15) is 32.1 Å². The van der Waals surface area contributed by atoms with E-state index in [0.717, 1.165) is 17.4 Å². The van der Waals surface area contributed by atoms with Crippen LogP contribution < -0.4 is 10.6 Å². The lowest BCUT2D eigenvalue weighted by molar-refractivity contribution is -0.125. The van der Waals surface area contributed by atoms with Crippen molar-refractivity contribution in [3.05, 3.63) is 18.2 Å². The summed E-state index contributed by atoms with van der Waals surface area (Å²) in [4.78, 5) is 31.9. The van der Waals surface area contributed by atoms with Gasteiger partial charge in [-0.15, -0.1) is 0 Å². The van der Waals surface area contributed by atoms with E-state index in [1.165, 1.54) is 12.4 Å². The third kappa shape index (κ3) is 4.76. The highest BCUT2D eigenvalue weighted by molar-refractivity contribution is 5.97. The number of nitrogens with zero attached hydrogens (tertiary/aromatic N) is 4. The van der Waals surface area contributed by atoms with Crippen LogP contribution in [0.15, 0.2) is 12.4 Å². The van der Waals surface area contributed by atoms with E-state index in [-0.39, 0.29) is 11.9 Å². The first-order valence-corrected chi connectivity index (χ1v) is 8.81. The lowest BCUT2D eigenvalue weighted by Crippen LogP contribution is -2.55. The van der Waals surface area contributed by atoms with Crippen molar-refractivity contribution < 1.29 is 18.4 Å². The summed E-state index contributed by atoms with van der Waals surface area (Å²) in [6.07, 6.45) is 4.57. The summed E-state index contributed by atoms with van der Waals surface area (Å²) < 4.78 is 26.6. The number of carbonyl (C=O) groups is 2. The van der Waals surface area contributed by atoms with Gasteiger partial charge >= 0.3 is 12.6 Å². The predicted octanol–water partition coefficient (Wildman–Crippen LogP) is 0.772. The Morgan fingerprint density at radius 1 is 1.27 bits per heavy atom. The molecule has 3 amide bonds. The van der Waals surface area contributed by atoms with Crippen molar-refractivity contribution in [2.45, 2.75) is 44.9 Å². The van der Waals surface area contributed by atoms with Crippen molar-refractivity contribution in [2.75, 3.05) is 26.2 Å². The molecule has 2 heterocycles. The number of aromatic nitrogens is 2. The molecule has 0 unspecified atom stereocenters. The highest BCUT2D eigenvalue weighted by Gasteiger charge is 2.29. The Balaban J connectivity index is 1.44. The van der Waals surface area contributed by atoms with E-state index in [1.54, 1.807) is 6.92 Å². The molecule has 10 heteroatoms. The van der Waals surface area contributed by atoms with Crippen LogP contribution in [-0.2, 0) is 11.3 Å². The van der Waals surface area contributed by atoms with E-state index < -0.39 is 18.6 Å². The van der Waals surface area contributed by atoms with Crippen LogP contribution in [0.25, 0.3) is 0 Å². The number of piperazine rings is 1. The van der Waals surface area contributed by atoms with Crippen LogP contribution >= 0.6 is 0 Å². The molecule has 26 heavy (non-hydrogen) atoms. The number of imide groups is 1. The normalized spacial score (nSPS) is 20.2. The molecule has 2 aliphatic rings. The number of nitrogens with one attached hydrogen (secondary N) is 2. The van der Waals surface area contributed by atoms with Gasteiger partial charge in [0.2, 0.25) is 5.91 Å². The number of rotatable bonds is 6. The molecule has 0 aromatic carbocycles. The number of amides is 3. The quantitative estimate of drug-likeness (QED) is 0.773. The number of hydrogen-bond donors (Lipinski definition) is 2. The number of halogens is 2. The van der Waals surface area contributed by atoms with Crippen molar-refractivity contribution in [3.63, 3.8) is 0 Å². The molecule has 2 N–H and O–H groups in total. The van der Waals surface area contributed by atoms with Crippen molar-refractivity contribution in [2.24, 2.45) is 0 Å². The first kappa shape index (κ1) is 18.7. The molecule has 1 aromatic rings. The molecule has 8 nitrogen and oxygen atoms in total. The molecule has 1 atom stereocenters. The summed E-state index contributed by atoms with van der Waals surface area (Å²) in [5.74, 6) is 0.000770. The molecule has 0 bridgehead atoms. The molecule has 1 saturated carbocycles. The van der Waals surface area contributed by atoms with E-state index in [1.807, 2.05) is 9.80 Å². The zero-order chi connectivity index (χ0) is 18.7. The lowest BCUT2D eigenvalue weighted by Gasteiger charge is -2.37. The summed E-state index contributed by atoms with van der Waals surface area (Å²) in [5, 5.41) is 5.10. The topological polar surface area (TPSA) is 82.5 Å². The highest BCUT2D eigenvalue weighted by atomic mass is 19.3. The van der Waals surface area contributed by atoms with Crippen molar-refractivity contribution >= 4 is 11.9 Å². The molecular formula is C16H24F2N6O2. The Kier molecular flexibility index (Phi) is 5.82. The second kappa shape index (κ2) is 8.09. The smallest absolute Gasteiger partial charge is 0.321 e. The fraction of sp³-hybridized carbons (Fsp3) is 0.688. The number of imidazole rings is 1. The molecular weight excluding hydrogens is 346 g/mol. The maximum absolute atomic E-state index is 12.9. The van der Waals surface area contributed by atoms with Gasteiger partial charge in [-0.2, -0.15) is 8.78 Å². The second-order valence-corrected chi connectivity index (χ2v) is 6.75. The molecule has 1 aromatic heterocycles. The number of hydrogen-bond acceptors (Lipinski definition) is 5. The third-order valence-electron chi connectivity index (χ3n) is 4.81. The van der Waals surface area contributed by atoms with Crippen molar-refractivity contribution in [1.29, 1.82) is 0 Å². The molecule has 3 rings (SSSR count). The minimum Gasteiger partial charge on any atom is -0.335 e. The van der Waals surface area contributed by atoms with Crippen LogP contribution in [0, 0.1) is 0 Å². The van der Waals surface area contributed by atoms with Crippen LogP contribution in [0.2, 0.25) is 0 Å². The Bertz CT molecular complexity index is 640. The summed E-state index contributed by atoms with van der Waals surface area (Å²) in [7, 11) is 0. The summed E-state index contributed by atoms with van der Waals surface area (Å²) in [6.45, 7) is 2.03. The van der Waals surface area contributed by atoms with Gasteiger partial charge in [0.15, 0.2) is 0 Å². The standard InChI is InChI=1S/C16H24F2N6O2/c1-11(14(25)21-16(26)20-12-2-3-12)23-8-6-22(7-9-23)10-13-19-4-5-24(13)15(17)18/h4-5,11-12,15H,2-3,6-10H2,1H3,(H2,20,21,25,26)/t11-/m0/s1. The van der Waals surface area contributed by atoms with Crippen LogP contribution in [0.5, 0.6) is 0 Å². The number of urea groups is 1. The van der Waals surface area contributed by atoms with E-state index in [4.69, 9.17) is 0 Å². The Morgan fingerprint density at radius 3 is 2.58 bits per heavy atom. The van der Waals surface area contributed by atoms with E-state index in [2.05, 4.69) is 15.6 Å². The van der Waals surface area contributed by atoms with E-state index in [0.29, 0.717) is 38.5 Å². The number of carbonyl (C=O) groups excluding carboxylic acids is 2. The average molecular weight is 370 g/mol. The Labute approximate surface area is 150 Å². The van der Waals surface area contributed by atoms with Gasteiger partial charge in [0.25, 0.3) is 0 Å². The molecule has 1 saturated heterocycles. The van der Waals surface area contributed by atoms with Crippen LogP contribution in [0.4, 0.5) is 13.6 Å². The van der Waals surface area contributed by atoms with Gasteiger partial charge < -0.3 is 5.32 Å². The highest BCUT2D eigenvalue weighted by Crippen LogP contribution is 2.18. The van der Waals surface area contributed by atoms with Crippen molar-refractivity contribution in [1.82, 2.24) is 30.0 Å². The van der Waals surface area contributed by atoms with Gasteiger partial charge in [-0.1, -0.05) is 0 Å². The van der Waals surface area contributed by atoms with E-state index >= 15 is 0 Å². The minimum atomic E-state index is -2.60. The SMILES string of the molecule is C[C@@H](C(=O)NC(=O)NC1CC1)N1CCN(Cc2nccn2C(F)F)CC1. The van der Waals surface area contributed by atoms with Crippen molar-refractivity contribution in [3.8, 4) is 0 Å². The summed E-state index contributed by atoms with van der Waals surface area (Å²) in [6, 6.07) is -0.672. The zero-order valence-corrected chi connectivity index (χ0v) is 14.7. The largest absolute Gasteiger partial charge is 0.335 e. The van der Waals surface area contributed by atoms with Gasteiger partial charge in [-0.3, -0.25) is 24.5 Å². The summed E-state index contributed by atoms with van der Waals surface area (Å²) in [5.41, 5.74) is 0. The van der Waals surface area contributed by atoms with Crippen LogP contribution in [-0.4, -0.2) is 69.6 Å². The van der Waals surface area contributed by atoms with Gasteiger partial charge in [-0.25, -0.2) is 9.78 Å². The average Bonchev–Trinajstić information content (AvgIpc) is 3.29. The molecule has 144 valence electrons. The van der Waals surface area contributed by atoms with Gasteiger partial charge in [0.05, 0.1) is 12.6 Å². The first-order chi connectivity index (χ1) is 12.4. The molecule has 0 spiro atoms. The molecule has 1 aliphatic heterocycles. The molecule has 2 fully saturated rings. The van der Waals surface area contributed by atoms with E-state index in [9.17, 15) is 18.4 Å². The maximum atomic E-state index is 12.9. The maximum Gasteiger partial charge on any atom is 0.321 e. The third-order valence-corrected chi connectivity index (χ3v) is 4.81. The summed E-state index contributed by atoms with van der Waals surface area (Å²) >= 11 is 0.